The van der Waals surface area contributed by atoms with Gasteiger partial charge in [0.25, 0.3) is 0 Å². The minimum absolute atomic E-state index is 0. The molecule has 0 aromatic heterocycles. The molecule has 3 aliphatic rings. The fraction of sp³-hybridized carbons (Fsp3) is 0.667. The zero-order valence-corrected chi connectivity index (χ0v) is 11.4. The van der Waals surface area contributed by atoms with E-state index < -0.39 is 0 Å². The Hall–Kier alpha value is -0.780. The summed E-state index contributed by atoms with van der Waals surface area (Å²) >= 11 is 0. The molecular formula is C18H28. The van der Waals surface area contributed by atoms with Gasteiger partial charge in [-0.25, -0.2) is 0 Å². The van der Waals surface area contributed by atoms with Crippen molar-refractivity contribution in [3.8, 4) is 0 Å². The van der Waals surface area contributed by atoms with Crippen molar-refractivity contribution in [2.75, 3.05) is 0 Å². The Labute approximate surface area is 113 Å². The Bertz CT molecular complexity index is 414. The minimum atomic E-state index is 0. The van der Waals surface area contributed by atoms with Crippen LogP contribution in [0.5, 0.6) is 0 Å². The van der Waals surface area contributed by atoms with Crippen LogP contribution in [0.3, 0.4) is 0 Å². The van der Waals surface area contributed by atoms with Gasteiger partial charge in [0.15, 0.2) is 0 Å². The van der Waals surface area contributed by atoms with E-state index >= 15 is 0 Å². The minimum Gasteiger partial charge on any atom is -0.0845 e. The lowest BCUT2D eigenvalue weighted by Gasteiger charge is -2.36. The molecule has 0 aromatic carbocycles. The van der Waals surface area contributed by atoms with E-state index in [1.165, 1.54) is 32.1 Å². The lowest BCUT2D eigenvalue weighted by Crippen LogP contribution is -2.22. The van der Waals surface area contributed by atoms with E-state index in [0.29, 0.717) is 10.8 Å². The average molecular weight is 244 g/mol. The first kappa shape index (κ1) is 13.6. The molecular weight excluding hydrogens is 216 g/mol. The fourth-order valence-electron chi connectivity index (χ4n) is 3.99. The fourth-order valence-corrected chi connectivity index (χ4v) is 3.99. The topological polar surface area (TPSA) is 0 Å². The van der Waals surface area contributed by atoms with Crippen LogP contribution < -0.4 is 0 Å². The molecule has 0 amide bonds. The van der Waals surface area contributed by atoms with Gasteiger partial charge in [0.2, 0.25) is 0 Å². The third kappa shape index (κ3) is 2.00. The van der Waals surface area contributed by atoms with E-state index in [0.717, 1.165) is 5.92 Å². The molecule has 0 spiro atoms. The molecule has 0 aliphatic heterocycles. The largest absolute Gasteiger partial charge is 0.0845 e. The molecule has 2 atom stereocenters. The van der Waals surface area contributed by atoms with Crippen molar-refractivity contribution in [1.29, 1.82) is 0 Å². The van der Waals surface area contributed by atoms with Gasteiger partial charge in [0.1, 0.15) is 0 Å². The Morgan fingerprint density at radius 2 is 2.06 bits per heavy atom. The monoisotopic (exact) mass is 244 g/mol. The van der Waals surface area contributed by atoms with Crippen molar-refractivity contribution < 1.29 is 0 Å². The highest BCUT2D eigenvalue weighted by Gasteiger charge is 2.44. The predicted molar refractivity (Wildman–Crippen MR) is 80.5 cm³/mol. The van der Waals surface area contributed by atoms with E-state index in [9.17, 15) is 0 Å². The van der Waals surface area contributed by atoms with Crippen molar-refractivity contribution >= 4 is 0 Å². The highest BCUT2D eigenvalue weighted by Crippen LogP contribution is 2.56. The van der Waals surface area contributed by atoms with Gasteiger partial charge in [-0.1, -0.05) is 58.1 Å². The normalized spacial score (nSPS) is 34.1. The van der Waals surface area contributed by atoms with Crippen molar-refractivity contribution in [3.05, 3.63) is 35.5 Å². The molecule has 1 fully saturated rings. The molecule has 0 heterocycles. The molecule has 3 rings (SSSR count). The Morgan fingerprint density at radius 1 is 1.28 bits per heavy atom. The third-order valence-corrected chi connectivity index (χ3v) is 4.89. The second kappa shape index (κ2) is 4.40. The van der Waals surface area contributed by atoms with Crippen LogP contribution in [0.4, 0.5) is 0 Å². The first-order chi connectivity index (χ1) is 8.01. The van der Waals surface area contributed by atoms with Gasteiger partial charge in [-0.15, -0.1) is 0 Å². The summed E-state index contributed by atoms with van der Waals surface area (Å²) in [5.74, 6) is 0.874. The zero-order chi connectivity index (χ0) is 12.1. The highest BCUT2D eigenvalue weighted by molar-refractivity contribution is 5.44. The maximum Gasteiger partial charge on any atom is 0.0137 e. The number of fused-ring (bicyclic) bond motifs is 2. The van der Waals surface area contributed by atoms with Crippen LogP contribution >= 0.6 is 0 Å². The van der Waals surface area contributed by atoms with Crippen LogP contribution in [0.2, 0.25) is 0 Å². The van der Waals surface area contributed by atoms with Crippen LogP contribution in [0.15, 0.2) is 35.5 Å². The Kier molecular flexibility index (Phi) is 3.34. The summed E-state index contributed by atoms with van der Waals surface area (Å²) in [7, 11) is 0. The first-order valence-corrected chi connectivity index (χ1v) is 7.11. The maximum absolute atomic E-state index is 2.53. The van der Waals surface area contributed by atoms with Gasteiger partial charge in [0, 0.05) is 5.41 Å². The molecule has 1 saturated carbocycles. The van der Waals surface area contributed by atoms with E-state index in [-0.39, 0.29) is 7.43 Å². The summed E-state index contributed by atoms with van der Waals surface area (Å²) in [6.07, 6.45) is 16.5. The zero-order valence-electron chi connectivity index (χ0n) is 11.4. The molecule has 0 nitrogen and oxygen atoms in total. The van der Waals surface area contributed by atoms with Gasteiger partial charge in [0.05, 0.1) is 0 Å². The van der Waals surface area contributed by atoms with E-state index in [1.807, 2.05) is 0 Å². The van der Waals surface area contributed by atoms with Crippen molar-refractivity contribution in [1.82, 2.24) is 0 Å². The third-order valence-electron chi connectivity index (χ3n) is 4.89. The molecule has 3 aliphatic carbocycles. The molecule has 18 heavy (non-hydrogen) atoms. The Balaban J connectivity index is 0.00000120. The molecule has 2 unspecified atom stereocenters. The van der Waals surface area contributed by atoms with Crippen LogP contribution in [0.1, 0.15) is 60.3 Å². The summed E-state index contributed by atoms with van der Waals surface area (Å²) in [5, 5.41) is 0. The molecule has 2 bridgehead atoms. The number of hydrogen-bond acceptors (Lipinski definition) is 0. The summed E-state index contributed by atoms with van der Waals surface area (Å²) in [6.45, 7) is 7.13. The average Bonchev–Trinajstić information content (AvgIpc) is 2.89. The number of rotatable bonds is 1. The van der Waals surface area contributed by atoms with Crippen LogP contribution in [-0.4, -0.2) is 0 Å². The second-order valence-corrected chi connectivity index (χ2v) is 7.10. The van der Waals surface area contributed by atoms with Gasteiger partial charge in [-0.05, 0) is 49.0 Å². The molecule has 0 radical (unpaired) electrons. The maximum atomic E-state index is 2.53. The first-order valence-electron chi connectivity index (χ1n) is 7.11. The SMILES string of the molecule is C.CC(C)(C)C1=C(C23C=CC(CC2)C3)C=CCC1. The molecule has 100 valence electrons. The van der Waals surface area contributed by atoms with Crippen LogP contribution in [0.25, 0.3) is 0 Å². The summed E-state index contributed by atoms with van der Waals surface area (Å²) in [4.78, 5) is 0. The van der Waals surface area contributed by atoms with E-state index in [1.54, 1.807) is 11.1 Å². The number of hydrogen-bond donors (Lipinski definition) is 0. The van der Waals surface area contributed by atoms with Gasteiger partial charge in [-0.3, -0.25) is 0 Å². The quantitative estimate of drug-likeness (QED) is 0.521. The summed E-state index contributed by atoms with van der Waals surface area (Å²) in [6, 6.07) is 0. The van der Waals surface area contributed by atoms with E-state index in [2.05, 4.69) is 45.1 Å². The smallest absolute Gasteiger partial charge is 0.0137 e. The lowest BCUT2D eigenvalue weighted by atomic mass is 9.69. The van der Waals surface area contributed by atoms with Crippen LogP contribution in [0, 0.1) is 16.7 Å². The van der Waals surface area contributed by atoms with Gasteiger partial charge in [-0.2, -0.15) is 0 Å². The number of allylic oxidation sites excluding steroid dienone is 6. The van der Waals surface area contributed by atoms with Gasteiger partial charge >= 0.3 is 0 Å². The molecule has 0 aromatic rings. The lowest BCUT2D eigenvalue weighted by molar-refractivity contribution is 0.430. The molecule has 0 N–H and O–H groups in total. The predicted octanol–water partition coefficient (Wildman–Crippen LogP) is 5.67. The van der Waals surface area contributed by atoms with Crippen LogP contribution in [-0.2, 0) is 0 Å². The summed E-state index contributed by atoms with van der Waals surface area (Å²) < 4.78 is 0. The van der Waals surface area contributed by atoms with Crippen molar-refractivity contribution in [2.45, 2.75) is 60.3 Å². The molecule has 0 saturated heterocycles. The second-order valence-electron chi connectivity index (χ2n) is 7.10. The van der Waals surface area contributed by atoms with E-state index in [4.69, 9.17) is 0 Å². The summed E-state index contributed by atoms with van der Waals surface area (Å²) in [5.41, 5.74) is 4.15. The standard InChI is InChI=1S/C17H24.CH4/c1-16(2,3)14-6-4-5-7-15(14)17-10-8-13(12-17)9-11-17;/h5,7-8,10,13H,4,6,9,11-12H2,1-3H3;1H4. The van der Waals surface area contributed by atoms with Crippen molar-refractivity contribution in [2.24, 2.45) is 16.7 Å². The van der Waals surface area contributed by atoms with Crippen molar-refractivity contribution in [3.63, 3.8) is 0 Å². The molecule has 0 heteroatoms. The van der Waals surface area contributed by atoms with Gasteiger partial charge < -0.3 is 0 Å². The Morgan fingerprint density at radius 3 is 2.56 bits per heavy atom. The highest BCUT2D eigenvalue weighted by atomic mass is 14.5.